The van der Waals surface area contributed by atoms with Crippen molar-refractivity contribution in [3.8, 4) is 0 Å². The lowest BCUT2D eigenvalue weighted by Gasteiger charge is -2.24. The van der Waals surface area contributed by atoms with E-state index in [4.69, 9.17) is 10.0 Å². The Morgan fingerprint density at radius 3 is 2.12 bits per heavy atom. The van der Waals surface area contributed by atoms with Crippen molar-refractivity contribution in [3.05, 3.63) is 77.4 Å². The number of fused-ring (bicyclic) bond motifs is 1. The van der Waals surface area contributed by atoms with Crippen LogP contribution >= 0.6 is 0 Å². The zero-order chi connectivity index (χ0) is 23.1. The Bertz CT molecular complexity index is 1080. The number of amides is 2. The Balaban J connectivity index is 2.01. The SMILES string of the molecule is CCON(C(=O)c1ccc(C(=O)NO)cc1)c1cccc2c(CN(CC)CC)cccc12. The molecule has 0 radical (unpaired) electrons. The normalized spacial score (nSPS) is 11.0. The van der Waals surface area contributed by atoms with Crippen LogP contribution in [0.2, 0.25) is 0 Å². The minimum absolute atomic E-state index is 0.248. The van der Waals surface area contributed by atoms with Gasteiger partial charge >= 0.3 is 0 Å². The molecule has 0 aliphatic carbocycles. The number of carbonyl (C=O) groups is 2. The van der Waals surface area contributed by atoms with Gasteiger partial charge in [0.1, 0.15) is 0 Å². The fraction of sp³-hybridized carbons (Fsp3) is 0.280. The minimum atomic E-state index is -0.638. The monoisotopic (exact) mass is 435 g/mol. The highest BCUT2D eigenvalue weighted by atomic mass is 16.7. The van der Waals surface area contributed by atoms with Crippen LogP contribution in [-0.4, -0.2) is 41.6 Å². The van der Waals surface area contributed by atoms with Crippen LogP contribution in [0.4, 0.5) is 5.69 Å². The average Bonchev–Trinajstić information content (AvgIpc) is 2.84. The molecule has 0 saturated heterocycles. The van der Waals surface area contributed by atoms with Crippen molar-refractivity contribution in [2.24, 2.45) is 0 Å². The van der Waals surface area contributed by atoms with E-state index in [1.165, 1.54) is 34.9 Å². The zero-order valence-electron chi connectivity index (χ0n) is 18.7. The van der Waals surface area contributed by atoms with E-state index in [1.807, 2.05) is 31.2 Å². The first-order chi connectivity index (χ1) is 15.5. The van der Waals surface area contributed by atoms with Gasteiger partial charge in [-0.05, 0) is 61.3 Å². The molecule has 32 heavy (non-hydrogen) atoms. The van der Waals surface area contributed by atoms with Gasteiger partial charge in [-0.1, -0.05) is 44.2 Å². The zero-order valence-corrected chi connectivity index (χ0v) is 18.7. The largest absolute Gasteiger partial charge is 0.300 e. The third-order valence-corrected chi connectivity index (χ3v) is 5.43. The first-order valence-electron chi connectivity index (χ1n) is 10.8. The van der Waals surface area contributed by atoms with Gasteiger partial charge in [0.25, 0.3) is 11.8 Å². The molecule has 0 heterocycles. The van der Waals surface area contributed by atoms with E-state index in [1.54, 1.807) is 5.48 Å². The summed E-state index contributed by atoms with van der Waals surface area (Å²) in [5.74, 6) is -0.982. The number of anilines is 1. The quantitative estimate of drug-likeness (QED) is 0.385. The van der Waals surface area contributed by atoms with Crippen LogP contribution in [0.3, 0.4) is 0 Å². The van der Waals surface area contributed by atoms with Crippen molar-refractivity contribution in [3.63, 3.8) is 0 Å². The molecule has 0 atom stereocenters. The van der Waals surface area contributed by atoms with Gasteiger partial charge in [-0.25, -0.2) is 5.48 Å². The Labute approximate surface area is 188 Å². The molecule has 0 aliphatic heterocycles. The molecule has 3 rings (SSSR count). The molecule has 168 valence electrons. The molecular formula is C25H29N3O4. The summed E-state index contributed by atoms with van der Waals surface area (Å²) in [6.07, 6.45) is 0. The molecule has 0 spiro atoms. The predicted octanol–water partition coefficient (Wildman–Crippen LogP) is 4.40. The van der Waals surface area contributed by atoms with Gasteiger partial charge in [0, 0.05) is 23.1 Å². The molecule has 0 aromatic heterocycles. The van der Waals surface area contributed by atoms with Crippen LogP contribution in [0, 0.1) is 0 Å². The Morgan fingerprint density at radius 2 is 1.50 bits per heavy atom. The highest BCUT2D eigenvalue weighted by Gasteiger charge is 2.21. The topological polar surface area (TPSA) is 82.1 Å². The van der Waals surface area contributed by atoms with Gasteiger partial charge in [0.05, 0.1) is 12.3 Å². The molecular weight excluding hydrogens is 406 g/mol. The van der Waals surface area contributed by atoms with E-state index < -0.39 is 5.91 Å². The van der Waals surface area contributed by atoms with E-state index in [0.717, 1.165) is 30.4 Å². The minimum Gasteiger partial charge on any atom is -0.300 e. The molecule has 0 unspecified atom stereocenters. The number of nitrogens with zero attached hydrogens (tertiary/aromatic N) is 2. The molecule has 2 amide bonds. The van der Waals surface area contributed by atoms with E-state index in [9.17, 15) is 9.59 Å². The second-order valence-electron chi connectivity index (χ2n) is 7.29. The second-order valence-corrected chi connectivity index (χ2v) is 7.29. The van der Waals surface area contributed by atoms with Crippen molar-refractivity contribution in [2.75, 3.05) is 24.8 Å². The molecule has 3 aromatic carbocycles. The highest BCUT2D eigenvalue weighted by molar-refractivity contribution is 6.10. The third-order valence-electron chi connectivity index (χ3n) is 5.43. The smallest absolute Gasteiger partial charge is 0.282 e. The van der Waals surface area contributed by atoms with Gasteiger partial charge in [-0.15, -0.1) is 0 Å². The van der Waals surface area contributed by atoms with E-state index >= 15 is 0 Å². The van der Waals surface area contributed by atoms with Crippen molar-refractivity contribution in [2.45, 2.75) is 27.3 Å². The maximum absolute atomic E-state index is 13.3. The number of benzene rings is 3. The number of hydrogen-bond donors (Lipinski definition) is 2. The molecule has 0 bridgehead atoms. The molecule has 7 heteroatoms. The summed E-state index contributed by atoms with van der Waals surface area (Å²) < 4.78 is 0. The van der Waals surface area contributed by atoms with Crippen LogP contribution < -0.4 is 10.5 Å². The molecule has 0 fully saturated rings. The second kappa shape index (κ2) is 10.9. The average molecular weight is 436 g/mol. The Hall–Kier alpha value is -3.26. The summed E-state index contributed by atoms with van der Waals surface area (Å²) in [5.41, 5.74) is 4.05. The van der Waals surface area contributed by atoms with Crippen molar-refractivity contribution >= 4 is 28.3 Å². The number of nitrogens with one attached hydrogen (secondary N) is 1. The highest BCUT2D eigenvalue weighted by Crippen LogP contribution is 2.31. The Kier molecular flexibility index (Phi) is 7.94. The van der Waals surface area contributed by atoms with Crippen LogP contribution in [0.5, 0.6) is 0 Å². The first kappa shape index (κ1) is 23.4. The van der Waals surface area contributed by atoms with Crippen molar-refractivity contribution in [1.82, 2.24) is 10.4 Å². The third kappa shape index (κ3) is 4.96. The summed E-state index contributed by atoms with van der Waals surface area (Å²) in [6, 6.07) is 18.0. The van der Waals surface area contributed by atoms with Gasteiger partial charge in [-0.2, -0.15) is 5.06 Å². The summed E-state index contributed by atoms with van der Waals surface area (Å²) in [5, 5.41) is 12.1. The lowest BCUT2D eigenvalue weighted by Crippen LogP contribution is -2.31. The number of hydroxylamine groups is 2. The fourth-order valence-corrected chi connectivity index (χ4v) is 3.67. The van der Waals surface area contributed by atoms with Crippen LogP contribution in [-0.2, 0) is 11.4 Å². The Morgan fingerprint density at radius 1 is 0.875 bits per heavy atom. The van der Waals surface area contributed by atoms with Crippen LogP contribution in [0.1, 0.15) is 47.1 Å². The first-order valence-corrected chi connectivity index (χ1v) is 10.8. The summed E-state index contributed by atoms with van der Waals surface area (Å²) in [4.78, 5) is 33.0. The van der Waals surface area contributed by atoms with Crippen LogP contribution in [0.25, 0.3) is 10.8 Å². The van der Waals surface area contributed by atoms with Gasteiger partial charge < -0.3 is 0 Å². The fourth-order valence-electron chi connectivity index (χ4n) is 3.67. The molecule has 2 N–H and O–H groups in total. The maximum atomic E-state index is 13.3. The van der Waals surface area contributed by atoms with E-state index in [2.05, 4.69) is 30.9 Å². The molecule has 3 aromatic rings. The molecule has 7 nitrogen and oxygen atoms in total. The lowest BCUT2D eigenvalue weighted by molar-refractivity contribution is 0.0679. The van der Waals surface area contributed by atoms with Gasteiger partial charge in [0.15, 0.2) is 0 Å². The van der Waals surface area contributed by atoms with E-state index in [0.29, 0.717) is 17.9 Å². The summed E-state index contributed by atoms with van der Waals surface area (Å²) in [6.45, 7) is 9.17. The standard InChI is InChI=1S/C25H29N3O4/c1-4-27(5-2)17-20-9-7-11-22-21(20)10-8-12-23(22)28(32-6-3)25(30)19-15-13-18(14-16-19)24(29)26-31/h7-16,31H,4-6,17H2,1-3H3,(H,26,29). The molecule has 0 aliphatic rings. The predicted molar refractivity (Wildman–Crippen MR) is 125 cm³/mol. The van der Waals surface area contributed by atoms with Gasteiger partial charge in [0.2, 0.25) is 0 Å². The summed E-state index contributed by atoms with van der Waals surface area (Å²) >= 11 is 0. The lowest BCUT2D eigenvalue weighted by atomic mass is 10.0. The maximum Gasteiger partial charge on any atom is 0.282 e. The number of hydrogen-bond acceptors (Lipinski definition) is 5. The number of carbonyl (C=O) groups excluding carboxylic acids is 2. The van der Waals surface area contributed by atoms with Crippen molar-refractivity contribution in [1.29, 1.82) is 0 Å². The number of rotatable bonds is 9. The molecule has 0 saturated carbocycles. The summed E-state index contributed by atoms with van der Waals surface area (Å²) in [7, 11) is 0. The van der Waals surface area contributed by atoms with Crippen molar-refractivity contribution < 1.29 is 19.6 Å². The van der Waals surface area contributed by atoms with Gasteiger partial charge in [-0.3, -0.25) is 24.5 Å². The van der Waals surface area contributed by atoms with Crippen LogP contribution in [0.15, 0.2) is 60.7 Å². The van der Waals surface area contributed by atoms with E-state index in [-0.39, 0.29) is 11.5 Å².